The lowest BCUT2D eigenvalue weighted by molar-refractivity contribution is 0.0206. The molecule has 54 valence electrons. The third-order valence-corrected chi connectivity index (χ3v) is 0.879. The molecule has 0 aliphatic rings. The van der Waals surface area contributed by atoms with Gasteiger partial charge in [0.25, 0.3) is 0 Å². The van der Waals surface area contributed by atoms with Gasteiger partial charge in [-0.1, -0.05) is 6.92 Å². The predicted octanol–water partition coefficient (Wildman–Crippen LogP) is -1.33. The highest BCUT2D eigenvalue weighted by Gasteiger charge is 2.18. The Balaban J connectivity index is 3.71. The Bertz CT molecular complexity index is 112. The molecule has 0 spiro atoms. The van der Waals surface area contributed by atoms with Crippen molar-refractivity contribution in [3.05, 3.63) is 0 Å². The summed E-state index contributed by atoms with van der Waals surface area (Å²) in [6, 6.07) is -0.832. The molecule has 0 aliphatic heterocycles. The number of amides is 2. The Hall–Kier alpha value is -0.810. The van der Waals surface area contributed by atoms with Crippen molar-refractivity contribution in [2.24, 2.45) is 11.5 Å². The minimum absolute atomic E-state index is 0.218. The van der Waals surface area contributed by atoms with Crippen molar-refractivity contribution < 1.29 is 9.90 Å². The van der Waals surface area contributed by atoms with Crippen molar-refractivity contribution in [3.63, 3.8) is 0 Å². The molecular formula is C4H11N3O2. The highest BCUT2D eigenvalue weighted by Crippen LogP contribution is 1.92. The number of rotatable bonds is 2. The zero-order valence-corrected chi connectivity index (χ0v) is 5.22. The maximum Gasteiger partial charge on any atom is 0.315 e. The lowest BCUT2D eigenvalue weighted by atomic mass is 10.3. The first-order valence-electron chi connectivity index (χ1n) is 2.57. The highest BCUT2D eigenvalue weighted by molar-refractivity contribution is 5.72. The van der Waals surface area contributed by atoms with E-state index >= 15 is 0 Å². The van der Waals surface area contributed by atoms with E-state index in [1.165, 1.54) is 0 Å². The first kappa shape index (κ1) is 8.19. The van der Waals surface area contributed by atoms with Crippen LogP contribution >= 0.6 is 0 Å². The fourth-order valence-corrected chi connectivity index (χ4v) is 0.302. The van der Waals surface area contributed by atoms with E-state index in [9.17, 15) is 4.79 Å². The minimum atomic E-state index is -1.66. The van der Waals surface area contributed by atoms with Crippen molar-refractivity contribution in [1.82, 2.24) is 5.32 Å². The smallest absolute Gasteiger partial charge is 0.315 e. The van der Waals surface area contributed by atoms with Crippen LogP contribution in [-0.2, 0) is 0 Å². The largest absolute Gasteiger partial charge is 0.359 e. The molecule has 0 aromatic heterocycles. The van der Waals surface area contributed by atoms with Crippen LogP contribution in [0.4, 0.5) is 4.79 Å². The second kappa shape index (κ2) is 2.65. The Morgan fingerprint density at radius 3 is 2.44 bits per heavy atom. The van der Waals surface area contributed by atoms with Gasteiger partial charge < -0.3 is 10.8 Å². The van der Waals surface area contributed by atoms with Gasteiger partial charge in [-0.25, -0.2) is 4.79 Å². The van der Waals surface area contributed by atoms with Crippen LogP contribution in [0.3, 0.4) is 0 Å². The van der Waals surface area contributed by atoms with Crippen LogP contribution in [0.2, 0.25) is 0 Å². The minimum Gasteiger partial charge on any atom is -0.359 e. The van der Waals surface area contributed by atoms with Gasteiger partial charge in [0.05, 0.1) is 0 Å². The molecule has 1 unspecified atom stereocenters. The second-order valence-corrected chi connectivity index (χ2v) is 1.77. The van der Waals surface area contributed by atoms with Crippen molar-refractivity contribution in [2.75, 3.05) is 0 Å². The molecule has 9 heavy (non-hydrogen) atoms. The van der Waals surface area contributed by atoms with E-state index in [4.69, 9.17) is 10.8 Å². The Morgan fingerprint density at radius 1 is 1.89 bits per heavy atom. The van der Waals surface area contributed by atoms with Gasteiger partial charge in [0.2, 0.25) is 0 Å². The molecule has 5 nitrogen and oxygen atoms in total. The van der Waals surface area contributed by atoms with E-state index < -0.39 is 11.9 Å². The van der Waals surface area contributed by atoms with Crippen molar-refractivity contribution in [3.8, 4) is 0 Å². The molecule has 2 amide bonds. The SMILES string of the molecule is CCC(N)(O)NC(N)=O. The van der Waals surface area contributed by atoms with E-state index in [1.807, 2.05) is 5.32 Å². The molecule has 0 radical (unpaired) electrons. The molecule has 0 rings (SSSR count). The molecule has 5 heteroatoms. The summed E-state index contributed by atoms with van der Waals surface area (Å²) in [5.74, 6) is -1.66. The van der Waals surface area contributed by atoms with Gasteiger partial charge in [-0.15, -0.1) is 0 Å². The van der Waals surface area contributed by atoms with Crippen molar-refractivity contribution in [2.45, 2.75) is 19.2 Å². The zero-order valence-electron chi connectivity index (χ0n) is 5.22. The molecule has 0 aliphatic carbocycles. The van der Waals surface area contributed by atoms with E-state index in [2.05, 4.69) is 5.73 Å². The third-order valence-electron chi connectivity index (χ3n) is 0.879. The number of urea groups is 1. The number of nitrogens with one attached hydrogen (secondary N) is 1. The van der Waals surface area contributed by atoms with Gasteiger partial charge in [0, 0.05) is 6.42 Å². The Morgan fingerprint density at radius 2 is 2.33 bits per heavy atom. The first-order chi connectivity index (χ1) is 3.98. The van der Waals surface area contributed by atoms with Crippen LogP contribution in [0.15, 0.2) is 0 Å². The summed E-state index contributed by atoms with van der Waals surface area (Å²) in [6.45, 7) is 1.62. The van der Waals surface area contributed by atoms with Gasteiger partial charge in [-0.05, 0) is 0 Å². The standard InChI is InChI=1S/C4H11N3O2/c1-2-4(6,9)7-3(5)8/h9H,2,6H2,1H3,(H3,5,7,8). The lowest BCUT2D eigenvalue weighted by Crippen LogP contribution is -2.56. The maximum atomic E-state index is 10.0. The van der Waals surface area contributed by atoms with E-state index in [-0.39, 0.29) is 6.42 Å². The topological polar surface area (TPSA) is 101 Å². The average Bonchev–Trinajstić information content (AvgIpc) is 1.63. The molecule has 6 N–H and O–H groups in total. The zero-order chi connectivity index (χ0) is 7.49. The number of aliphatic hydroxyl groups is 1. The van der Waals surface area contributed by atoms with Crippen LogP contribution in [-0.4, -0.2) is 17.0 Å². The maximum absolute atomic E-state index is 10.0. The summed E-state index contributed by atoms with van der Waals surface area (Å²) in [6.07, 6.45) is 0.218. The number of primary amides is 1. The predicted molar refractivity (Wildman–Crippen MR) is 32.1 cm³/mol. The molecule has 0 bridgehead atoms. The van der Waals surface area contributed by atoms with Crippen LogP contribution in [0.1, 0.15) is 13.3 Å². The summed E-state index contributed by atoms with van der Waals surface area (Å²) in [4.78, 5) is 10.0. The van der Waals surface area contributed by atoms with Gasteiger partial charge in [0.15, 0.2) is 5.85 Å². The Labute approximate surface area is 53.0 Å². The number of carbonyl (C=O) groups is 1. The average molecular weight is 133 g/mol. The second-order valence-electron chi connectivity index (χ2n) is 1.77. The first-order valence-corrected chi connectivity index (χ1v) is 2.57. The van der Waals surface area contributed by atoms with E-state index in [0.717, 1.165) is 0 Å². The van der Waals surface area contributed by atoms with Gasteiger partial charge in [-0.2, -0.15) is 0 Å². The highest BCUT2D eigenvalue weighted by atomic mass is 16.3. The molecule has 0 saturated carbocycles. The van der Waals surface area contributed by atoms with Gasteiger partial charge in [-0.3, -0.25) is 11.1 Å². The summed E-state index contributed by atoms with van der Waals surface area (Å²) >= 11 is 0. The monoisotopic (exact) mass is 133 g/mol. The lowest BCUT2D eigenvalue weighted by Gasteiger charge is -2.20. The van der Waals surface area contributed by atoms with Crippen LogP contribution in [0, 0.1) is 0 Å². The summed E-state index contributed by atoms with van der Waals surface area (Å²) in [7, 11) is 0. The van der Waals surface area contributed by atoms with Crippen molar-refractivity contribution in [1.29, 1.82) is 0 Å². The summed E-state index contributed by atoms with van der Waals surface area (Å²) < 4.78 is 0. The van der Waals surface area contributed by atoms with Crippen molar-refractivity contribution >= 4 is 6.03 Å². The summed E-state index contributed by atoms with van der Waals surface area (Å²) in [5, 5.41) is 10.8. The van der Waals surface area contributed by atoms with Gasteiger partial charge >= 0.3 is 6.03 Å². The fourth-order valence-electron chi connectivity index (χ4n) is 0.302. The number of hydrogen-bond acceptors (Lipinski definition) is 3. The molecule has 0 fully saturated rings. The summed E-state index contributed by atoms with van der Waals surface area (Å²) in [5.41, 5.74) is 9.72. The molecule has 0 aromatic rings. The molecule has 1 atom stereocenters. The number of nitrogens with two attached hydrogens (primary N) is 2. The van der Waals surface area contributed by atoms with E-state index in [1.54, 1.807) is 6.92 Å². The van der Waals surface area contributed by atoms with Crippen LogP contribution in [0.5, 0.6) is 0 Å². The molecular weight excluding hydrogens is 122 g/mol. The molecule has 0 saturated heterocycles. The number of carbonyl (C=O) groups excluding carboxylic acids is 1. The molecule has 0 heterocycles. The quantitative estimate of drug-likeness (QED) is 0.351. The van der Waals surface area contributed by atoms with Crippen LogP contribution < -0.4 is 16.8 Å². The van der Waals surface area contributed by atoms with Crippen LogP contribution in [0.25, 0.3) is 0 Å². The fraction of sp³-hybridized carbons (Fsp3) is 0.750. The Kier molecular flexibility index (Phi) is 2.41. The van der Waals surface area contributed by atoms with Gasteiger partial charge in [0.1, 0.15) is 0 Å². The van der Waals surface area contributed by atoms with E-state index in [0.29, 0.717) is 0 Å². The third kappa shape index (κ3) is 3.75. The normalized spacial score (nSPS) is 16.3. The number of hydrogen-bond donors (Lipinski definition) is 4. The molecule has 0 aromatic carbocycles.